The highest BCUT2D eigenvalue weighted by Gasteiger charge is 2.17. The Balaban J connectivity index is 1.14. The van der Waals surface area contributed by atoms with Gasteiger partial charge >= 0.3 is 0 Å². The minimum atomic E-state index is -0.120. The number of fused-ring (bicyclic) bond motifs is 1. The maximum Gasteiger partial charge on any atom is 0.277 e. The lowest BCUT2D eigenvalue weighted by Gasteiger charge is -2.35. The quantitative estimate of drug-likeness (QED) is 0.280. The van der Waals surface area contributed by atoms with E-state index < -0.39 is 0 Å². The molecule has 0 aliphatic carbocycles. The molecule has 1 aliphatic rings. The molecule has 1 aromatic heterocycles. The van der Waals surface area contributed by atoms with Crippen LogP contribution in [0.25, 0.3) is 22.2 Å². The fourth-order valence-electron chi connectivity index (χ4n) is 4.24. The summed E-state index contributed by atoms with van der Waals surface area (Å²) in [5, 5.41) is 13.8. The van der Waals surface area contributed by atoms with Crippen molar-refractivity contribution in [3.63, 3.8) is 0 Å². The number of anilines is 2. The number of aromatic nitrogens is 2. The van der Waals surface area contributed by atoms with Crippen LogP contribution in [0.3, 0.4) is 0 Å². The Morgan fingerprint density at radius 1 is 1.00 bits per heavy atom. The minimum absolute atomic E-state index is 0.120. The molecule has 1 amide bonds. The van der Waals surface area contributed by atoms with Gasteiger partial charge in [-0.05, 0) is 41.1 Å². The first-order chi connectivity index (χ1) is 17.2. The lowest BCUT2D eigenvalue weighted by molar-refractivity contribution is -0.113. The van der Waals surface area contributed by atoms with Gasteiger partial charge in [0.25, 0.3) is 5.22 Å². The van der Waals surface area contributed by atoms with Gasteiger partial charge in [-0.1, -0.05) is 54.2 Å². The third kappa shape index (κ3) is 5.55. The number of benzene rings is 3. The number of rotatable bonds is 8. The zero-order valence-electron chi connectivity index (χ0n) is 19.4. The van der Waals surface area contributed by atoms with Gasteiger partial charge in [0.15, 0.2) is 0 Å². The molecule has 35 heavy (non-hydrogen) atoms. The van der Waals surface area contributed by atoms with Crippen LogP contribution in [0.4, 0.5) is 11.4 Å². The van der Waals surface area contributed by atoms with Gasteiger partial charge < -0.3 is 14.6 Å². The molecule has 0 atom stereocenters. The SMILES string of the molecule is C=CCN1CCN(c2ccc(NC(=O)CSc3nnc(-c4cccc5ccccc45)o3)cc2)CC1. The smallest absolute Gasteiger partial charge is 0.277 e. The van der Waals surface area contributed by atoms with Crippen molar-refractivity contribution >= 4 is 39.8 Å². The minimum Gasteiger partial charge on any atom is -0.411 e. The summed E-state index contributed by atoms with van der Waals surface area (Å²) in [6.07, 6.45) is 1.95. The molecule has 0 spiro atoms. The van der Waals surface area contributed by atoms with Gasteiger partial charge in [0.1, 0.15) is 0 Å². The van der Waals surface area contributed by atoms with Crippen molar-refractivity contribution in [1.82, 2.24) is 15.1 Å². The van der Waals surface area contributed by atoms with E-state index in [4.69, 9.17) is 4.42 Å². The van der Waals surface area contributed by atoms with Gasteiger partial charge in [0.2, 0.25) is 11.8 Å². The van der Waals surface area contributed by atoms with Crippen molar-refractivity contribution in [2.45, 2.75) is 5.22 Å². The summed E-state index contributed by atoms with van der Waals surface area (Å²) < 4.78 is 5.83. The van der Waals surface area contributed by atoms with Crippen molar-refractivity contribution in [1.29, 1.82) is 0 Å². The van der Waals surface area contributed by atoms with Crippen LogP contribution in [-0.4, -0.2) is 59.5 Å². The van der Waals surface area contributed by atoms with E-state index in [-0.39, 0.29) is 11.7 Å². The van der Waals surface area contributed by atoms with E-state index in [9.17, 15) is 4.79 Å². The predicted octanol–water partition coefficient (Wildman–Crippen LogP) is 4.93. The highest BCUT2D eigenvalue weighted by molar-refractivity contribution is 7.99. The first-order valence-electron chi connectivity index (χ1n) is 11.6. The molecule has 5 rings (SSSR count). The standard InChI is InChI=1S/C27H27N5O2S/c1-2-14-31-15-17-32(18-16-31)22-12-10-21(11-13-22)28-25(33)19-35-27-30-29-26(34-27)24-9-5-7-20-6-3-4-8-23(20)24/h2-13H,1,14-19H2,(H,28,33). The Morgan fingerprint density at radius 3 is 2.57 bits per heavy atom. The van der Waals surface area contributed by atoms with Gasteiger partial charge in [0.05, 0.1) is 5.75 Å². The lowest BCUT2D eigenvalue weighted by atomic mass is 10.0. The van der Waals surface area contributed by atoms with E-state index in [2.05, 4.69) is 44.0 Å². The number of carbonyl (C=O) groups is 1. The van der Waals surface area contributed by atoms with Crippen LogP contribution in [0.15, 0.2) is 89.0 Å². The summed E-state index contributed by atoms with van der Waals surface area (Å²) in [7, 11) is 0. The summed E-state index contributed by atoms with van der Waals surface area (Å²) in [6.45, 7) is 8.78. The maximum absolute atomic E-state index is 12.5. The fourth-order valence-corrected chi connectivity index (χ4v) is 4.80. The molecular weight excluding hydrogens is 458 g/mol. The van der Waals surface area contributed by atoms with Crippen LogP contribution < -0.4 is 10.2 Å². The van der Waals surface area contributed by atoms with Gasteiger partial charge in [-0.15, -0.1) is 16.8 Å². The van der Waals surface area contributed by atoms with Crippen LogP contribution in [0.1, 0.15) is 0 Å². The number of hydrogen-bond acceptors (Lipinski definition) is 7. The van der Waals surface area contributed by atoms with Crippen LogP contribution in [0.2, 0.25) is 0 Å². The number of nitrogens with zero attached hydrogens (tertiary/aromatic N) is 4. The first-order valence-corrected chi connectivity index (χ1v) is 12.6. The Kier molecular flexibility index (Phi) is 7.11. The van der Waals surface area contributed by atoms with E-state index in [1.807, 2.05) is 60.7 Å². The number of hydrogen-bond donors (Lipinski definition) is 1. The average molecular weight is 486 g/mol. The van der Waals surface area contributed by atoms with Crippen molar-refractivity contribution in [2.24, 2.45) is 0 Å². The molecule has 0 saturated carbocycles. The third-order valence-corrected chi connectivity index (χ3v) is 6.85. The number of thioether (sulfide) groups is 1. The molecule has 0 unspecified atom stereocenters. The second-order valence-electron chi connectivity index (χ2n) is 8.36. The maximum atomic E-state index is 12.5. The van der Waals surface area contributed by atoms with Crippen LogP contribution in [-0.2, 0) is 4.79 Å². The van der Waals surface area contributed by atoms with E-state index in [0.29, 0.717) is 11.1 Å². The molecule has 8 heteroatoms. The summed E-state index contributed by atoms with van der Waals surface area (Å²) in [5.74, 6) is 0.515. The molecule has 2 heterocycles. The van der Waals surface area contributed by atoms with Crippen molar-refractivity contribution in [3.8, 4) is 11.5 Å². The highest BCUT2D eigenvalue weighted by Crippen LogP contribution is 2.29. The zero-order chi connectivity index (χ0) is 24.0. The molecule has 0 bridgehead atoms. The summed E-state index contributed by atoms with van der Waals surface area (Å²) in [5.41, 5.74) is 2.82. The average Bonchev–Trinajstić information content (AvgIpc) is 3.37. The molecule has 1 saturated heterocycles. The summed E-state index contributed by atoms with van der Waals surface area (Å²) in [6, 6.07) is 22.0. The molecule has 3 aromatic carbocycles. The highest BCUT2D eigenvalue weighted by atomic mass is 32.2. The molecule has 4 aromatic rings. The van der Waals surface area contributed by atoms with Crippen LogP contribution in [0, 0.1) is 0 Å². The van der Waals surface area contributed by atoms with Crippen LogP contribution >= 0.6 is 11.8 Å². The Hall–Kier alpha value is -3.62. The Morgan fingerprint density at radius 2 is 1.77 bits per heavy atom. The zero-order valence-corrected chi connectivity index (χ0v) is 20.2. The van der Waals surface area contributed by atoms with Crippen LogP contribution in [0.5, 0.6) is 0 Å². The van der Waals surface area contributed by atoms with Crippen molar-refractivity contribution in [3.05, 3.63) is 79.4 Å². The molecular formula is C27H27N5O2S. The summed E-state index contributed by atoms with van der Waals surface area (Å²) in [4.78, 5) is 17.2. The largest absolute Gasteiger partial charge is 0.411 e. The van der Waals surface area contributed by atoms with E-state index >= 15 is 0 Å². The van der Waals surface area contributed by atoms with E-state index in [1.54, 1.807) is 0 Å². The topological polar surface area (TPSA) is 74.5 Å². The Bertz CT molecular complexity index is 1310. The molecule has 1 N–H and O–H groups in total. The molecule has 178 valence electrons. The van der Waals surface area contributed by atoms with Gasteiger partial charge in [-0.25, -0.2) is 0 Å². The van der Waals surface area contributed by atoms with Gasteiger partial charge in [-0.3, -0.25) is 9.69 Å². The predicted molar refractivity (Wildman–Crippen MR) is 142 cm³/mol. The normalized spacial score (nSPS) is 14.2. The van der Waals surface area contributed by atoms with E-state index in [1.165, 1.54) is 17.4 Å². The number of piperazine rings is 1. The second kappa shape index (κ2) is 10.8. The van der Waals surface area contributed by atoms with Gasteiger partial charge in [-0.2, -0.15) is 0 Å². The molecule has 0 radical (unpaired) electrons. The monoisotopic (exact) mass is 485 g/mol. The summed E-state index contributed by atoms with van der Waals surface area (Å²) >= 11 is 1.23. The second-order valence-corrected chi connectivity index (χ2v) is 9.29. The van der Waals surface area contributed by atoms with E-state index in [0.717, 1.165) is 54.7 Å². The first kappa shape index (κ1) is 23.1. The number of nitrogens with one attached hydrogen (secondary N) is 1. The number of carbonyl (C=O) groups excluding carboxylic acids is 1. The van der Waals surface area contributed by atoms with Gasteiger partial charge in [0, 0.05) is 49.7 Å². The van der Waals surface area contributed by atoms with Crippen molar-refractivity contribution < 1.29 is 9.21 Å². The number of amides is 1. The Labute approximate surface area is 208 Å². The molecule has 1 aliphatic heterocycles. The lowest BCUT2D eigenvalue weighted by Crippen LogP contribution is -2.46. The molecule has 7 nitrogen and oxygen atoms in total. The fraction of sp³-hybridized carbons (Fsp3) is 0.222. The van der Waals surface area contributed by atoms with Crippen molar-refractivity contribution in [2.75, 3.05) is 48.7 Å². The third-order valence-electron chi connectivity index (χ3n) is 6.03. The molecule has 1 fully saturated rings.